The van der Waals surface area contributed by atoms with E-state index in [1.54, 1.807) is 0 Å². The minimum Gasteiger partial charge on any atom is -0.331 e. The molecule has 0 atom stereocenters. The first kappa shape index (κ1) is 21.0. The lowest BCUT2D eigenvalue weighted by Crippen LogP contribution is -2.05. The summed E-state index contributed by atoms with van der Waals surface area (Å²) in [5.74, 6) is 0. The maximum Gasteiger partial charge on any atom is 0.294 e. The Morgan fingerprint density at radius 2 is 1.55 bits per heavy atom. The van der Waals surface area contributed by atoms with Crippen molar-refractivity contribution in [3.63, 3.8) is 0 Å². The Kier molecular flexibility index (Phi) is 5.77. The van der Waals surface area contributed by atoms with E-state index in [1.165, 1.54) is 7.05 Å². The molecule has 3 N–H and O–H groups in total. The molecule has 13 heteroatoms. The quantitative estimate of drug-likeness (QED) is 0.375. The van der Waals surface area contributed by atoms with Crippen molar-refractivity contribution in [2.75, 3.05) is 12.4 Å². The standard InChI is InChI=1S/C16H14N4O6S3/c1-17-20-15-14(10-5-3-2-4-6-10)19-16(27-15)18-11-7-12(28(21,22)23)9-13(8-11)29(24,25)26/h2-9H,1H3,(H,18,19)(H,21,22,23)(H,24,25,26). The molecule has 3 aromatic rings. The summed E-state index contributed by atoms with van der Waals surface area (Å²) in [5, 5.41) is 11.3. The van der Waals surface area contributed by atoms with Crippen LogP contribution in [0, 0.1) is 0 Å². The van der Waals surface area contributed by atoms with E-state index in [0.717, 1.165) is 29.0 Å². The van der Waals surface area contributed by atoms with E-state index in [4.69, 9.17) is 0 Å². The minimum absolute atomic E-state index is 0.0268. The summed E-state index contributed by atoms with van der Waals surface area (Å²) in [7, 11) is -7.95. The van der Waals surface area contributed by atoms with Gasteiger partial charge in [0.15, 0.2) is 10.1 Å². The third-order valence-electron chi connectivity index (χ3n) is 3.57. The molecule has 1 aromatic heterocycles. The molecule has 10 nitrogen and oxygen atoms in total. The van der Waals surface area contributed by atoms with Gasteiger partial charge in [0.25, 0.3) is 20.2 Å². The van der Waals surface area contributed by atoms with Gasteiger partial charge in [0.1, 0.15) is 5.69 Å². The molecule has 0 spiro atoms. The Morgan fingerprint density at radius 1 is 0.966 bits per heavy atom. The molecule has 0 amide bonds. The van der Waals surface area contributed by atoms with Crippen LogP contribution in [0.3, 0.4) is 0 Å². The molecule has 2 aromatic carbocycles. The summed E-state index contributed by atoms with van der Waals surface area (Å²) >= 11 is 1.09. The second-order valence-corrected chi connectivity index (χ2v) is 9.43. The van der Waals surface area contributed by atoms with Gasteiger partial charge in [-0.25, -0.2) is 4.98 Å². The van der Waals surface area contributed by atoms with E-state index in [-0.39, 0.29) is 10.8 Å². The highest BCUT2D eigenvalue weighted by atomic mass is 32.2. The fourth-order valence-corrected chi connectivity index (χ4v) is 4.42. The number of hydrogen-bond donors (Lipinski definition) is 3. The molecule has 3 rings (SSSR count). The average Bonchev–Trinajstić information content (AvgIpc) is 3.03. The van der Waals surface area contributed by atoms with Gasteiger partial charge in [-0.3, -0.25) is 9.11 Å². The fraction of sp³-hybridized carbons (Fsp3) is 0.0625. The van der Waals surface area contributed by atoms with Crippen LogP contribution >= 0.6 is 11.3 Å². The molecule has 0 aliphatic heterocycles. The Bertz CT molecular complexity index is 1240. The van der Waals surface area contributed by atoms with Crippen molar-refractivity contribution in [3.05, 3.63) is 48.5 Å². The van der Waals surface area contributed by atoms with Gasteiger partial charge in [-0.2, -0.15) is 21.9 Å². The summed E-state index contributed by atoms with van der Waals surface area (Å²) < 4.78 is 64.4. The Hall–Kier alpha value is -2.71. The van der Waals surface area contributed by atoms with E-state index < -0.39 is 30.0 Å². The maximum absolute atomic E-state index is 11.5. The predicted molar refractivity (Wildman–Crippen MR) is 107 cm³/mol. The first-order valence-corrected chi connectivity index (χ1v) is 11.5. The zero-order valence-electron chi connectivity index (χ0n) is 14.7. The molecule has 0 unspecified atom stereocenters. The largest absolute Gasteiger partial charge is 0.331 e. The molecule has 0 bridgehead atoms. The van der Waals surface area contributed by atoms with E-state index >= 15 is 0 Å². The van der Waals surface area contributed by atoms with Crippen LogP contribution in [-0.4, -0.2) is 38.0 Å². The number of azo groups is 1. The van der Waals surface area contributed by atoms with Crippen LogP contribution in [0.2, 0.25) is 0 Å². The second kappa shape index (κ2) is 7.96. The zero-order chi connectivity index (χ0) is 21.2. The summed E-state index contributed by atoms with van der Waals surface area (Å²) in [5.41, 5.74) is 1.26. The average molecular weight is 455 g/mol. The van der Waals surface area contributed by atoms with Crippen LogP contribution < -0.4 is 5.32 Å². The molecule has 0 fully saturated rings. The SMILES string of the molecule is CN=Nc1sc(Nc2cc(S(=O)(=O)O)cc(S(=O)(=O)O)c2)nc1-c1ccccc1. The lowest BCUT2D eigenvalue weighted by atomic mass is 10.2. The molecular formula is C16H14N4O6S3. The molecule has 0 saturated carbocycles. The number of rotatable bonds is 6. The van der Waals surface area contributed by atoms with Gasteiger partial charge in [-0.15, -0.1) is 5.11 Å². The highest BCUT2D eigenvalue weighted by molar-refractivity contribution is 7.86. The Labute approximate surface area is 170 Å². The first-order valence-electron chi connectivity index (χ1n) is 7.81. The predicted octanol–water partition coefficient (Wildman–Crippen LogP) is 3.76. The van der Waals surface area contributed by atoms with Gasteiger partial charge in [0.2, 0.25) is 0 Å². The molecular weight excluding hydrogens is 440 g/mol. The van der Waals surface area contributed by atoms with E-state index in [9.17, 15) is 25.9 Å². The third-order valence-corrected chi connectivity index (χ3v) is 6.09. The number of aromatic nitrogens is 1. The monoisotopic (exact) mass is 454 g/mol. The number of anilines is 2. The van der Waals surface area contributed by atoms with Gasteiger partial charge < -0.3 is 5.32 Å². The lowest BCUT2D eigenvalue weighted by molar-refractivity contribution is 0.481. The summed E-state index contributed by atoms with van der Waals surface area (Å²) in [6.45, 7) is 0. The zero-order valence-corrected chi connectivity index (χ0v) is 17.2. The van der Waals surface area contributed by atoms with E-state index in [1.807, 2.05) is 30.3 Å². The molecule has 0 aliphatic rings. The maximum atomic E-state index is 11.5. The van der Waals surface area contributed by atoms with Crippen LogP contribution in [0.25, 0.3) is 11.3 Å². The van der Waals surface area contributed by atoms with Crippen LogP contribution in [0.4, 0.5) is 15.8 Å². The highest BCUT2D eigenvalue weighted by Crippen LogP contribution is 2.39. The smallest absolute Gasteiger partial charge is 0.294 e. The number of nitrogens with zero attached hydrogens (tertiary/aromatic N) is 3. The topological polar surface area (TPSA) is 158 Å². The van der Waals surface area contributed by atoms with Crippen molar-refractivity contribution in [1.29, 1.82) is 0 Å². The summed E-state index contributed by atoms with van der Waals surface area (Å²) in [6.07, 6.45) is 0. The van der Waals surface area contributed by atoms with Gasteiger partial charge in [-0.05, 0) is 18.2 Å². The van der Waals surface area contributed by atoms with Crippen LogP contribution in [0.1, 0.15) is 0 Å². The molecule has 0 radical (unpaired) electrons. The number of benzene rings is 2. The van der Waals surface area contributed by atoms with Crippen molar-refractivity contribution in [1.82, 2.24) is 4.98 Å². The Morgan fingerprint density at radius 3 is 2.07 bits per heavy atom. The van der Waals surface area contributed by atoms with Crippen LogP contribution in [0.5, 0.6) is 0 Å². The highest BCUT2D eigenvalue weighted by Gasteiger charge is 2.19. The van der Waals surface area contributed by atoms with Gasteiger partial charge in [-0.1, -0.05) is 41.7 Å². The normalized spacial score (nSPS) is 12.4. The van der Waals surface area contributed by atoms with Crippen molar-refractivity contribution >= 4 is 47.4 Å². The van der Waals surface area contributed by atoms with Gasteiger partial charge in [0.05, 0.1) is 9.79 Å². The van der Waals surface area contributed by atoms with E-state index in [0.29, 0.717) is 16.8 Å². The van der Waals surface area contributed by atoms with Gasteiger partial charge >= 0.3 is 0 Å². The summed E-state index contributed by atoms with van der Waals surface area (Å²) in [4.78, 5) is 3.00. The number of nitrogens with one attached hydrogen (secondary N) is 1. The van der Waals surface area contributed by atoms with Crippen molar-refractivity contribution in [2.45, 2.75) is 9.79 Å². The molecule has 29 heavy (non-hydrogen) atoms. The molecule has 0 saturated heterocycles. The molecule has 1 heterocycles. The molecule has 0 aliphatic carbocycles. The summed E-state index contributed by atoms with van der Waals surface area (Å²) in [6, 6.07) is 11.8. The van der Waals surface area contributed by atoms with E-state index in [2.05, 4.69) is 20.5 Å². The second-order valence-electron chi connectivity index (χ2n) is 5.61. The lowest BCUT2D eigenvalue weighted by Gasteiger charge is -2.07. The Balaban J connectivity index is 2.08. The van der Waals surface area contributed by atoms with Crippen molar-refractivity contribution in [3.8, 4) is 11.3 Å². The van der Waals surface area contributed by atoms with Crippen molar-refractivity contribution in [2.24, 2.45) is 10.2 Å². The third kappa shape index (κ3) is 5.02. The van der Waals surface area contributed by atoms with Gasteiger partial charge in [0, 0.05) is 18.3 Å². The molecule has 152 valence electrons. The number of thiazole rings is 1. The number of hydrogen-bond acceptors (Lipinski definition) is 9. The fourth-order valence-electron chi connectivity index (χ4n) is 2.37. The van der Waals surface area contributed by atoms with Crippen LogP contribution in [-0.2, 0) is 20.2 Å². The minimum atomic E-state index is -4.72. The van der Waals surface area contributed by atoms with Crippen LogP contribution in [0.15, 0.2) is 68.6 Å². The van der Waals surface area contributed by atoms with Crippen molar-refractivity contribution < 1.29 is 25.9 Å². The first-order chi connectivity index (χ1) is 13.6.